The van der Waals surface area contributed by atoms with Crippen molar-refractivity contribution in [2.24, 2.45) is 0 Å². The van der Waals surface area contributed by atoms with Crippen LogP contribution in [0.1, 0.15) is 36.0 Å². The normalized spacial score (nSPS) is 23.8. The first-order valence-corrected chi connectivity index (χ1v) is 10.2. The van der Waals surface area contributed by atoms with Crippen molar-refractivity contribution in [2.45, 2.75) is 38.8 Å². The number of aliphatic hydroxyl groups is 1. The molecule has 0 bridgehead atoms. The second-order valence-corrected chi connectivity index (χ2v) is 8.01. The van der Waals surface area contributed by atoms with Crippen LogP contribution in [0, 0.1) is 13.8 Å². The predicted octanol–water partition coefficient (Wildman–Crippen LogP) is 3.33. The summed E-state index contributed by atoms with van der Waals surface area (Å²) in [6.07, 6.45) is 3.24. The quantitative estimate of drug-likeness (QED) is 0.813. The van der Waals surface area contributed by atoms with Crippen LogP contribution in [0.4, 0.5) is 5.69 Å². The first-order chi connectivity index (χ1) is 13.6. The van der Waals surface area contributed by atoms with E-state index in [0.717, 1.165) is 42.9 Å². The van der Waals surface area contributed by atoms with Gasteiger partial charge in [-0.3, -0.25) is 0 Å². The van der Waals surface area contributed by atoms with Crippen LogP contribution < -0.4 is 14.4 Å². The van der Waals surface area contributed by atoms with Crippen molar-refractivity contribution in [1.82, 2.24) is 0 Å². The first kappa shape index (κ1) is 17.6. The van der Waals surface area contributed by atoms with Crippen molar-refractivity contribution in [3.8, 4) is 11.5 Å². The van der Waals surface area contributed by atoms with Gasteiger partial charge in [-0.05, 0) is 62.1 Å². The minimum Gasteiger partial charge on any atom is -0.486 e. The fourth-order valence-electron chi connectivity index (χ4n) is 4.69. The highest BCUT2D eigenvalue weighted by Crippen LogP contribution is 2.40. The average Bonchev–Trinajstić information content (AvgIpc) is 3.04. The van der Waals surface area contributed by atoms with Crippen LogP contribution in [-0.2, 0) is 5.72 Å². The SMILES string of the molecule is Cc1cccc(N2C[C@](O)(c3ccc4c(c3)OCCO4)[N+]3=C2CCCC3)c1C. The van der Waals surface area contributed by atoms with Gasteiger partial charge in [0, 0.05) is 12.0 Å². The van der Waals surface area contributed by atoms with Crippen molar-refractivity contribution < 1.29 is 19.2 Å². The predicted molar refractivity (Wildman–Crippen MR) is 109 cm³/mol. The number of nitrogens with zero attached hydrogens (tertiary/aromatic N) is 2. The molecule has 0 unspecified atom stereocenters. The lowest BCUT2D eigenvalue weighted by Crippen LogP contribution is -2.41. The van der Waals surface area contributed by atoms with Crippen LogP contribution >= 0.6 is 0 Å². The van der Waals surface area contributed by atoms with E-state index in [-0.39, 0.29) is 0 Å². The summed E-state index contributed by atoms with van der Waals surface area (Å²) < 4.78 is 13.6. The van der Waals surface area contributed by atoms with Crippen LogP contribution in [0.3, 0.4) is 0 Å². The van der Waals surface area contributed by atoms with E-state index in [4.69, 9.17) is 9.47 Å². The number of hydrogen-bond acceptors (Lipinski definition) is 4. The van der Waals surface area contributed by atoms with Gasteiger partial charge in [0.2, 0.25) is 0 Å². The number of fused-ring (bicyclic) bond motifs is 1. The number of benzene rings is 2. The Morgan fingerprint density at radius 3 is 2.71 bits per heavy atom. The number of β-amino-alcohol motifs (C(OH)–C–C–N with tert-alkyl or cyclic N) is 1. The highest BCUT2D eigenvalue weighted by atomic mass is 16.6. The topological polar surface area (TPSA) is 44.9 Å². The molecule has 0 saturated heterocycles. The highest BCUT2D eigenvalue weighted by Gasteiger charge is 2.53. The summed E-state index contributed by atoms with van der Waals surface area (Å²) in [4.78, 5) is 2.32. The fourth-order valence-corrected chi connectivity index (χ4v) is 4.69. The lowest BCUT2D eigenvalue weighted by Gasteiger charge is -2.26. The highest BCUT2D eigenvalue weighted by molar-refractivity contribution is 5.96. The van der Waals surface area contributed by atoms with Gasteiger partial charge in [0.15, 0.2) is 18.0 Å². The number of aryl methyl sites for hydroxylation is 1. The van der Waals surface area contributed by atoms with E-state index in [1.54, 1.807) is 0 Å². The summed E-state index contributed by atoms with van der Waals surface area (Å²) in [5.41, 5.74) is 3.53. The molecule has 0 radical (unpaired) electrons. The molecular formula is C23H27N2O3+. The van der Waals surface area contributed by atoms with Gasteiger partial charge in [-0.15, -0.1) is 0 Å². The molecule has 0 aliphatic carbocycles. The van der Waals surface area contributed by atoms with Crippen LogP contribution in [-0.4, -0.2) is 41.8 Å². The first-order valence-electron chi connectivity index (χ1n) is 10.2. The molecule has 28 heavy (non-hydrogen) atoms. The Balaban J connectivity index is 1.61. The third-order valence-corrected chi connectivity index (χ3v) is 6.35. The van der Waals surface area contributed by atoms with Gasteiger partial charge >= 0.3 is 0 Å². The van der Waals surface area contributed by atoms with Gasteiger partial charge in [0.1, 0.15) is 18.9 Å². The third-order valence-electron chi connectivity index (χ3n) is 6.35. The Hall–Kier alpha value is -2.53. The molecule has 0 fully saturated rings. The summed E-state index contributed by atoms with van der Waals surface area (Å²) in [5, 5.41) is 11.9. The number of hydrogen-bond donors (Lipinski definition) is 1. The smallest absolute Gasteiger partial charge is 0.271 e. The van der Waals surface area contributed by atoms with Gasteiger partial charge in [0.25, 0.3) is 11.6 Å². The average molecular weight is 379 g/mol. The molecule has 1 atom stereocenters. The van der Waals surface area contributed by atoms with Crippen molar-refractivity contribution in [2.75, 3.05) is 31.2 Å². The van der Waals surface area contributed by atoms with E-state index >= 15 is 0 Å². The van der Waals surface area contributed by atoms with Crippen LogP contribution in [0.5, 0.6) is 11.5 Å². The maximum absolute atomic E-state index is 11.9. The van der Waals surface area contributed by atoms with Crippen LogP contribution in [0.15, 0.2) is 36.4 Å². The Morgan fingerprint density at radius 1 is 1.04 bits per heavy atom. The minimum atomic E-state index is -1.07. The lowest BCUT2D eigenvalue weighted by atomic mass is 10.0. The van der Waals surface area contributed by atoms with Crippen LogP contribution in [0.25, 0.3) is 0 Å². The van der Waals surface area contributed by atoms with Crippen molar-refractivity contribution in [1.29, 1.82) is 0 Å². The lowest BCUT2D eigenvalue weighted by molar-refractivity contribution is -0.661. The van der Waals surface area contributed by atoms with Gasteiger partial charge in [0.05, 0.1) is 6.54 Å². The second kappa shape index (κ2) is 6.52. The molecule has 5 heteroatoms. The molecule has 3 aliphatic rings. The van der Waals surface area contributed by atoms with E-state index in [1.165, 1.54) is 22.6 Å². The van der Waals surface area contributed by atoms with Crippen LogP contribution in [0.2, 0.25) is 0 Å². The Labute approximate surface area is 165 Å². The summed E-state index contributed by atoms with van der Waals surface area (Å²) in [5.74, 6) is 2.70. The molecule has 3 aliphatic heterocycles. The van der Waals surface area contributed by atoms with E-state index in [1.807, 2.05) is 18.2 Å². The molecule has 0 amide bonds. The number of rotatable bonds is 2. The van der Waals surface area contributed by atoms with Gasteiger partial charge in [-0.25, -0.2) is 9.48 Å². The molecule has 2 aromatic rings. The second-order valence-electron chi connectivity index (χ2n) is 8.01. The molecule has 146 valence electrons. The summed E-state index contributed by atoms with van der Waals surface area (Å²) in [6.45, 7) is 6.81. The van der Waals surface area contributed by atoms with E-state index < -0.39 is 5.72 Å². The summed E-state index contributed by atoms with van der Waals surface area (Å²) in [7, 11) is 0. The maximum atomic E-state index is 11.9. The molecule has 1 N–H and O–H groups in total. The van der Waals surface area contributed by atoms with Crippen molar-refractivity contribution in [3.63, 3.8) is 0 Å². The molecule has 0 spiro atoms. The van der Waals surface area contributed by atoms with Gasteiger partial charge in [-0.2, -0.15) is 0 Å². The molecule has 0 saturated carbocycles. The zero-order valence-electron chi connectivity index (χ0n) is 16.6. The number of ether oxygens (including phenoxy) is 2. The monoisotopic (exact) mass is 379 g/mol. The molecule has 3 heterocycles. The van der Waals surface area contributed by atoms with E-state index in [9.17, 15) is 5.11 Å². The Morgan fingerprint density at radius 2 is 1.86 bits per heavy atom. The van der Waals surface area contributed by atoms with E-state index in [2.05, 4.69) is 41.5 Å². The summed E-state index contributed by atoms with van der Waals surface area (Å²) in [6, 6.07) is 12.3. The molecule has 2 aromatic carbocycles. The third kappa shape index (κ3) is 2.60. The standard InChI is InChI=1S/C23H27N2O3/c1-16-6-5-7-19(17(16)2)24-15-23(26,25-11-4-3-8-22(24)25)18-9-10-20-21(14-18)28-13-12-27-20/h5-7,9-10,14,26H,3-4,8,11-13,15H2,1-2H3/q+1/t23-/m0/s1. The largest absolute Gasteiger partial charge is 0.486 e. The zero-order chi connectivity index (χ0) is 19.3. The summed E-state index contributed by atoms with van der Waals surface area (Å²) >= 11 is 0. The minimum absolute atomic E-state index is 0.520. The van der Waals surface area contributed by atoms with E-state index in [0.29, 0.717) is 19.8 Å². The van der Waals surface area contributed by atoms with Gasteiger partial charge < -0.3 is 14.6 Å². The van der Waals surface area contributed by atoms with Crippen molar-refractivity contribution in [3.05, 3.63) is 53.1 Å². The number of anilines is 1. The Kier molecular flexibility index (Phi) is 4.09. The zero-order valence-corrected chi connectivity index (χ0v) is 16.6. The van der Waals surface area contributed by atoms with Gasteiger partial charge in [-0.1, -0.05) is 12.1 Å². The fraction of sp³-hybridized carbons (Fsp3) is 0.435. The molecule has 5 nitrogen and oxygen atoms in total. The number of amidine groups is 1. The maximum Gasteiger partial charge on any atom is 0.271 e. The Bertz CT molecular complexity index is 968. The van der Waals surface area contributed by atoms with Crippen molar-refractivity contribution >= 4 is 11.5 Å². The molecule has 5 rings (SSSR count). The molecular weight excluding hydrogens is 352 g/mol. The molecule has 0 aromatic heterocycles.